The first-order chi connectivity index (χ1) is 13.4. The summed E-state index contributed by atoms with van der Waals surface area (Å²) < 4.78 is 51.9. The molecule has 1 unspecified atom stereocenters. The molecule has 1 aliphatic heterocycles. The zero-order valence-corrected chi connectivity index (χ0v) is 14.6. The molecule has 1 aliphatic rings. The smallest absolute Gasteiger partial charge is 0.433 e. The summed E-state index contributed by atoms with van der Waals surface area (Å²) in [4.78, 5) is 16.7. The van der Waals surface area contributed by atoms with Crippen molar-refractivity contribution in [3.05, 3.63) is 53.9 Å². The van der Waals surface area contributed by atoms with Crippen LogP contribution in [0.15, 0.2) is 42.6 Å². The molecule has 0 bridgehead atoms. The quantitative estimate of drug-likeness (QED) is 0.634. The summed E-state index contributed by atoms with van der Waals surface area (Å²) in [7, 11) is 0. The van der Waals surface area contributed by atoms with Crippen molar-refractivity contribution in [1.29, 1.82) is 0 Å². The highest BCUT2D eigenvalue weighted by Gasteiger charge is 2.36. The van der Waals surface area contributed by atoms with E-state index in [1.807, 2.05) is 0 Å². The van der Waals surface area contributed by atoms with Crippen LogP contribution in [0.5, 0.6) is 0 Å². The van der Waals surface area contributed by atoms with Gasteiger partial charge < -0.3 is 9.47 Å². The van der Waals surface area contributed by atoms with Crippen LogP contribution in [0.2, 0.25) is 0 Å². The van der Waals surface area contributed by atoms with Crippen LogP contribution in [0.1, 0.15) is 28.9 Å². The first-order valence-electron chi connectivity index (χ1n) is 8.73. The van der Waals surface area contributed by atoms with Gasteiger partial charge in [0, 0.05) is 12.2 Å². The number of hydrogen-bond acceptors (Lipinski definition) is 5. The second-order valence-electron chi connectivity index (χ2n) is 6.42. The third-order valence-electron chi connectivity index (χ3n) is 4.48. The van der Waals surface area contributed by atoms with E-state index in [1.165, 1.54) is 0 Å². The summed E-state index contributed by atoms with van der Waals surface area (Å²) in [5, 5.41) is 3.72. The Morgan fingerprint density at radius 2 is 2.07 bits per heavy atom. The molecule has 0 amide bonds. The molecule has 0 spiro atoms. The van der Waals surface area contributed by atoms with Gasteiger partial charge in [0.2, 0.25) is 0 Å². The van der Waals surface area contributed by atoms with Crippen LogP contribution in [-0.4, -0.2) is 39.9 Å². The molecule has 2 aromatic heterocycles. The zero-order chi connectivity index (χ0) is 19.7. The van der Waals surface area contributed by atoms with E-state index in [9.17, 15) is 18.0 Å². The Morgan fingerprint density at radius 3 is 2.75 bits per heavy atom. The normalized spacial score (nSPS) is 17.2. The van der Waals surface area contributed by atoms with Gasteiger partial charge in [-0.25, -0.2) is 14.3 Å². The number of aromatic nitrogens is 3. The second-order valence-corrected chi connectivity index (χ2v) is 6.42. The van der Waals surface area contributed by atoms with Crippen LogP contribution in [0.25, 0.3) is 16.9 Å². The lowest BCUT2D eigenvalue weighted by Crippen LogP contribution is -2.18. The van der Waals surface area contributed by atoms with E-state index in [-0.39, 0.29) is 29.6 Å². The summed E-state index contributed by atoms with van der Waals surface area (Å²) in [6.45, 7) is 0.649. The van der Waals surface area contributed by atoms with Gasteiger partial charge >= 0.3 is 12.1 Å². The van der Waals surface area contributed by atoms with Crippen molar-refractivity contribution < 1.29 is 27.4 Å². The Labute approximate surface area is 157 Å². The van der Waals surface area contributed by atoms with E-state index in [0.717, 1.165) is 25.1 Å². The molecule has 1 aromatic carbocycles. The standard InChI is InChI=1S/C19H16F3N3O3/c20-19(21,22)16-9-15(12-5-2-1-3-6-12)24-17-14(10-23-25(16)17)18(26)28-11-13-7-4-8-27-13/h1-3,5-6,9-10,13H,4,7-8,11H2. The SMILES string of the molecule is O=C(OCC1CCCO1)c1cnn2c(C(F)(F)F)cc(-c3ccccc3)nc12. The molecular formula is C19H16F3N3O3. The Kier molecular flexibility index (Phi) is 4.76. The van der Waals surface area contributed by atoms with Crippen LogP contribution in [0, 0.1) is 0 Å². The largest absolute Gasteiger partial charge is 0.459 e. The molecule has 1 atom stereocenters. The Morgan fingerprint density at radius 1 is 1.29 bits per heavy atom. The van der Waals surface area contributed by atoms with E-state index in [0.29, 0.717) is 16.7 Å². The van der Waals surface area contributed by atoms with Crippen molar-refractivity contribution in [1.82, 2.24) is 14.6 Å². The van der Waals surface area contributed by atoms with Crippen LogP contribution in [0.3, 0.4) is 0 Å². The molecule has 9 heteroatoms. The first kappa shape index (κ1) is 18.4. The summed E-state index contributed by atoms with van der Waals surface area (Å²) in [6, 6.07) is 9.34. The molecular weight excluding hydrogens is 375 g/mol. The third-order valence-corrected chi connectivity index (χ3v) is 4.48. The maximum Gasteiger partial charge on any atom is 0.433 e. The highest BCUT2D eigenvalue weighted by molar-refractivity contribution is 5.96. The minimum Gasteiger partial charge on any atom is -0.459 e. The highest BCUT2D eigenvalue weighted by Crippen LogP contribution is 2.32. The van der Waals surface area contributed by atoms with E-state index in [1.54, 1.807) is 30.3 Å². The van der Waals surface area contributed by atoms with Gasteiger partial charge in [0.15, 0.2) is 11.3 Å². The summed E-state index contributed by atoms with van der Waals surface area (Å²) in [5.74, 6) is -0.781. The van der Waals surface area contributed by atoms with Crippen LogP contribution in [0.4, 0.5) is 13.2 Å². The first-order valence-corrected chi connectivity index (χ1v) is 8.73. The number of carbonyl (C=O) groups excluding carboxylic acids is 1. The Balaban J connectivity index is 1.74. The molecule has 1 fully saturated rings. The predicted molar refractivity (Wildman–Crippen MR) is 92.7 cm³/mol. The van der Waals surface area contributed by atoms with Gasteiger partial charge in [-0.05, 0) is 18.9 Å². The molecule has 146 valence electrons. The Bertz CT molecular complexity index is 996. The van der Waals surface area contributed by atoms with Crippen LogP contribution < -0.4 is 0 Å². The lowest BCUT2D eigenvalue weighted by molar-refractivity contribution is -0.142. The molecule has 0 aliphatic carbocycles. The number of rotatable bonds is 4. The topological polar surface area (TPSA) is 65.7 Å². The average molecular weight is 391 g/mol. The number of benzene rings is 1. The van der Waals surface area contributed by atoms with Gasteiger partial charge in [-0.15, -0.1) is 0 Å². The molecule has 0 radical (unpaired) electrons. The third kappa shape index (κ3) is 3.57. The number of ether oxygens (including phenoxy) is 2. The lowest BCUT2D eigenvalue weighted by atomic mass is 10.1. The monoisotopic (exact) mass is 391 g/mol. The number of esters is 1. The number of carbonyl (C=O) groups is 1. The van der Waals surface area contributed by atoms with E-state index in [4.69, 9.17) is 9.47 Å². The molecule has 3 heterocycles. The minimum absolute atomic E-state index is 0.0423. The lowest BCUT2D eigenvalue weighted by Gasteiger charge is -2.12. The summed E-state index contributed by atoms with van der Waals surface area (Å²) in [5.41, 5.74) is -0.758. The fraction of sp³-hybridized carbons (Fsp3) is 0.316. The predicted octanol–water partition coefficient (Wildman–Crippen LogP) is 3.75. The molecule has 0 saturated carbocycles. The number of halogens is 3. The average Bonchev–Trinajstić information content (AvgIpc) is 3.35. The van der Waals surface area contributed by atoms with Crippen LogP contribution in [-0.2, 0) is 15.7 Å². The van der Waals surface area contributed by atoms with Crippen LogP contribution >= 0.6 is 0 Å². The molecule has 0 N–H and O–H groups in total. The number of fused-ring (bicyclic) bond motifs is 1. The Hall–Kier alpha value is -2.94. The van der Waals surface area contributed by atoms with Gasteiger partial charge in [0.1, 0.15) is 12.2 Å². The zero-order valence-electron chi connectivity index (χ0n) is 14.6. The fourth-order valence-electron chi connectivity index (χ4n) is 3.09. The van der Waals surface area contributed by atoms with E-state index in [2.05, 4.69) is 10.1 Å². The van der Waals surface area contributed by atoms with E-state index < -0.39 is 17.8 Å². The second kappa shape index (κ2) is 7.23. The van der Waals surface area contributed by atoms with Gasteiger partial charge in [-0.2, -0.15) is 18.3 Å². The van der Waals surface area contributed by atoms with Crippen molar-refractivity contribution in [3.63, 3.8) is 0 Å². The van der Waals surface area contributed by atoms with Gasteiger partial charge in [0.05, 0.1) is 18.0 Å². The summed E-state index contributed by atoms with van der Waals surface area (Å²) >= 11 is 0. The maximum atomic E-state index is 13.6. The van der Waals surface area contributed by atoms with Crippen molar-refractivity contribution in [2.75, 3.05) is 13.2 Å². The number of nitrogens with zero attached hydrogens (tertiary/aromatic N) is 3. The molecule has 4 rings (SSSR count). The van der Waals surface area contributed by atoms with Crippen molar-refractivity contribution in [2.45, 2.75) is 25.1 Å². The van der Waals surface area contributed by atoms with E-state index >= 15 is 0 Å². The molecule has 6 nitrogen and oxygen atoms in total. The molecule has 3 aromatic rings. The van der Waals surface area contributed by atoms with Gasteiger partial charge in [0.25, 0.3) is 0 Å². The maximum absolute atomic E-state index is 13.6. The van der Waals surface area contributed by atoms with Crippen molar-refractivity contribution >= 4 is 11.6 Å². The number of hydrogen-bond donors (Lipinski definition) is 0. The molecule has 1 saturated heterocycles. The van der Waals surface area contributed by atoms with Gasteiger partial charge in [-0.1, -0.05) is 30.3 Å². The fourth-order valence-corrected chi connectivity index (χ4v) is 3.09. The molecule has 28 heavy (non-hydrogen) atoms. The van der Waals surface area contributed by atoms with Gasteiger partial charge in [-0.3, -0.25) is 0 Å². The highest BCUT2D eigenvalue weighted by atomic mass is 19.4. The summed E-state index contributed by atoms with van der Waals surface area (Å²) in [6.07, 6.45) is -2.16. The van der Waals surface area contributed by atoms with Crippen molar-refractivity contribution in [3.8, 4) is 11.3 Å². The van der Waals surface area contributed by atoms with Crippen molar-refractivity contribution in [2.24, 2.45) is 0 Å². The number of alkyl halides is 3. The minimum atomic E-state index is -4.67.